The zero-order valence-electron chi connectivity index (χ0n) is 15.6. The van der Waals surface area contributed by atoms with E-state index in [0.29, 0.717) is 33.8 Å². The summed E-state index contributed by atoms with van der Waals surface area (Å²) in [5.41, 5.74) is 8.93. The summed E-state index contributed by atoms with van der Waals surface area (Å²) in [6.07, 6.45) is 4.52. The number of hydrogen-bond donors (Lipinski definition) is 4. The first-order valence-electron chi connectivity index (χ1n) is 8.98. The third-order valence-electron chi connectivity index (χ3n) is 4.48. The number of anilines is 3. The van der Waals surface area contributed by atoms with Gasteiger partial charge in [0.15, 0.2) is 0 Å². The highest BCUT2D eigenvalue weighted by Gasteiger charge is 2.21. The summed E-state index contributed by atoms with van der Waals surface area (Å²) < 4.78 is 0. The lowest BCUT2D eigenvalue weighted by molar-refractivity contribution is -0.115. The van der Waals surface area contributed by atoms with Gasteiger partial charge in [-0.2, -0.15) is 0 Å². The number of nitrogens with two attached hydrogens (primary N) is 1. The van der Waals surface area contributed by atoms with Crippen LogP contribution >= 0.6 is 0 Å². The Labute approximate surface area is 170 Å². The van der Waals surface area contributed by atoms with Gasteiger partial charge in [0.05, 0.1) is 29.6 Å². The van der Waals surface area contributed by atoms with Crippen molar-refractivity contribution in [1.82, 2.24) is 9.97 Å². The van der Waals surface area contributed by atoms with Crippen molar-refractivity contribution < 1.29 is 19.8 Å². The summed E-state index contributed by atoms with van der Waals surface area (Å²) in [7, 11) is 0. The zero-order chi connectivity index (χ0) is 21.3. The average Bonchev–Trinajstić information content (AvgIpc) is 2.84. The molecule has 1 aliphatic rings. The Balaban J connectivity index is 1.73. The molecule has 1 aliphatic heterocycles. The monoisotopic (exact) mass is 404 g/mol. The SMILES string of the molecule is NC(=O)/C=C/c1ccc2c(c1)NC(=O)Cc1cnc(Nc3ccc(O)c([OH2+])c3)nc1-2. The van der Waals surface area contributed by atoms with Crippen molar-refractivity contribution in [2.24, 2.45) is 5.73 Å². The molecule has 0 saturated carbocycles. The third-order valence-corrected chi connectivity index (χ3v) is 4.48. The van der Waals surface area contributed by atoms with Crippen molar-refractivity contribution in [1.29, 1.82) is 0 Å². The molecule has 0 radical (unpaired) electrons. The first-order chi connectivity index (χ1) is 14.4. The number of nitrogens with one attached hydrogen (secondary N) is 2. The van der Waals surface area contributed by atoms with Gasteiger partial charge in [0.2, 0.25) is 23.5 Å². The molecule has 7 N–H and O–H groups in total. The second kappa shape index (κ2) is 7.55. The number of fused-ring (bicyclic) bond motifs is 3. The smallest absolute Gasteiger partial charge is 0.298 e. The number of phenolic OH excluding ortho intramolecular Hbond substituents is 1. The molecule has 2 heterocycles. The molecule has 150 valence electrons. The molecule has 3 aromatic rings. The fourth-order valence-electron chi connectivity index (χ4n) is 3.09. The number of nitrogens with zero attached hydrogens (tertiary/aromatic N) is 2. The fourth-order valence-corrected chi connectivity index (χ4v) is 3.09. The Morgan fingerprint density at radius 2 is 2.10 bits per heavy atom. The van der Waals surface area contributed by atoms with E-state index in [0.717, 1.165) is 0 Å². The van der Waals surface area contributed by atoms with Crippen molar-refractivity contribution in [3.8, 4) is 22.8 Å². The fraction of sp³-hybridized carbons (Fsp3) is 0.0476. The summed E-state index contributed by atoms with van der Waals surface area (Å²) in [6, 6.07) is 9.82. The number of primary amides is 1. The van der Waals surface area contributed by atoms with E-state index in [1.165, 1.54) is 18.2 Å². The number of aromatic hydroxyl groups is 1. The summed E-state index contributed by atoms with van der Waals surface area (Å²) in [5, 5.41) is 23.1. The van der Waals surface area contributed by atoms with Crippen LogP contribution in [0.4, 0.5) is 17.3 Å². The van der Waals surface area contributed by atoms with Crippen molar-refractivity contribution in [2.75, 3.05) is 10.6 Å². The highest BCUT2D eigenvalue weighted by atomic mass is 16.3. The number of carbonyl (C=O) groups excluding carboxylic acids is 2. The number of aromatic nitrogens is 2. The van der Waals surface area contributed by atoms with Crippen LogP contribution in [0.2, 0.25) is 0 Å². The Kier molecular flexibility index (Phi) is 4.77. The Morgan fingerprint density at radius 1 is 1.27 bits per heavy atom. The normalized spacial score (nSPS) is 12.6. The van der Waals surface area contributed by atoms with E-state index in [-0.39, 0.29) is 29.8 Å². The molecule has 2 amide bonds. The van der Waals surface area contributed by atoms with Crippen molar-refractivity contribution in [2.45, 2.75) is 6.42 Å². The number of benzene rings is 2. The van der Waals surface area contributed by atoms with Crippen LogP contribution in [0.15, 0.2) is 48.7 Å². The molecule has 9 nitrogen and oxygen atoms in total. The minimum absolute atomic E-state index is 0.0218. The minimum atomic E-state index is -0.562. The maximum Gasteiger partial charge on any atom is 0.298 e. The lowest BCUT2D eigenvalue weighted by atomic mass is 10.0. The first-order valence-corrected chi connectivity index (χ1v) is 8.98. The van der Waals surface area contributed by atoms with Gasteiger partial charge in [0.1, 0.15) is 0 Å². The van der Waals surface area contributed by atoms with Crippen LogP contribution in [0, 0.1) is 0 Å². The lowest BCUT2D eigenvalue weighted by Gasteiger charge is -2.11. The van der Waals surface area contributed by atoms with Gasteiger partial charge in [-0.3, -0.25) is 9.59 Å². The molecule has 30 heavy (non-hydrogen) atoms. The van der Waals surface area contributed by atoms with E-state index < -0.39 is 5.91 Å². The maximum atomic E-state index is 12.3. The van der Waals surface area contributed by atoms with Crippen LogP contribution in [0.5, 0.6) is 11.5 Å². The number of carbonyl (C=O) groups is 2. The number of hydrogen-bond acceptors (Lipinski definition) is 6. The van der Waals surface area contributed by atoms with Crippen LogP contribution in [0.1, 0.15) is 11.1 Å². The highest BCUT2D eigenvalue weighted by molar-refractivity contribution is 6.00. The van der Waals surface area contributed by atoms with Crippen LogP contribution < -0.4 is 16.4 Å². The molecule has 1 aromatic heterocycles. The first kappa shape index (κ1) is 18.9. The summed E-state index contributed by atoms with van der Waals surface area (Å²) in [5.74, 6) is -0.619. The Hall–Kier alpha value is -4.40. The van der Waals surface area contributed by atoms with E-state index in [1.54, 1.807) is 36.5 Å². The molecule has 0 atom stereocenters. The highest BCUT2D eigenvalue weighted by Crippen LogP contribution is 2.34. The minimum Gasteiger partial charge on any atom is -0.591 e. The van der Waals surface area contributed by atoms with Crippen LogP contribution in [-0.2, 0) is 16.0 Å². The molecular weight excluding hydrogens is 386 g/mol. The van der Waals surface area contributed by atoms with Gasteiger partial charge in [-0.1, -0.05) is 12.1 Å². The standard InChI is InChI=1S/C21H17N5O4/c22-18(29)6-2-11-1-4-14-15(7-11)25-19(30)8-12-10-23-21(26-20(12)14)24-13-3-5-16(27)17(28)9-13/h1-7,9-10,27-28H,8H2,(H2,22,29)(H,25,30)(H,23,24,26)/p+1/b6-2+. The van der Waals surface area contributed by atoms with E-state index in [4.69, 9.17) is 10.8 Å². The van der Waals surface area contributed by atoms with Gasteiger partial charge >= 0.3 is 0 Å². The van der Waals surface area contributed by atoms with E-state index in [1.807, 2.05) is 0 Å². The molecule has 0 bridgehead atoms. The van der Waals surface area contributed by atoms with Crippen molar-refractivity contribution in [3.05, 3.63) is 59.8 Å². The number of rotatable bonds is 4. The van der Waals surface area contributed by atoms with Gasteiger partial charge in [-0.15, -0.1) is 0 Å². The predicted octanol–water partition coefficient (Wildman–Crippen LogP) is 2.02. The molecule has 0 spiro atoms. The van der Waals surface area contributed by atoms with Gasteiger partial charge in [0, 0.05) is 23.4 Å². The van der Waals surface area contributed by atoms with Gasteiger partial charge in [-0.25, -0.2) is 9.97 Å². The lowest BCUT2D eigenvalue weighted by Crippen LogP contribution is -2.13. The zero-order valence-corrected chi connectivity index (χ0v) is 15.6. The molecule has 0 unspecified atom stereocenters. The molecule has 0 fully saturated rings. The van der Waals surface area contributed by atoms with E-state index in [9.17, 15) is 14.7 Å². The molecule has 0 saturated heterocycles. The second-order valence-electron chi connectivity index (χ2n) is 6.69. The Morgan fingerprint density at radius 3 is 2.87 bits per heavy atom. The predicted molar refractivity (Wildman–Crippen MR) is 112 cm³/mol. The third kappa shape index (κ3) is 3.90. The van der Waals surface area contributed by atoms with Crippen LogP contribution in [0.25, 0.3) is 17.3 Å². The molecule has 0 aliphatic carbocycles. The topological polar surface area (TPSA) is 153 Å². The van der Waals surface area contributed by atoms with E-state index >= 15 is 0 Å². The van der Waals surface area contributed by atoms with Gasteiger partial charge < -0.3 is 26.6 Å². The molecular formula is C21H18N5O4+. The molecule has 9 heteroatoms. The van der Waals surface area contributed by atoms with Crippen LogP contribution in [0.3, 0.4) is 0 Å². The molecule has 4 rings (SSSR count). The number of amides is 2. The van der Waals surface area contributed by atoms with E-state index in [2.05, 4.69) is 20.6 Å². The van der Waals surface area contributed by atoms with Crippen molar-refractivity contribution >= 4 is 35.2 Å². The second-order valence-corrected chi connectivity index (χ2v) is 6.69. The van der Waals surface area contributed by atoms with Crippen molar-refractivity contribution in [3.63, 3.8) is 0 Å². The van der Waals surface area contributed by atoms with Gasteiger partial charge in [0.25, 0.3) is 5.75 Å². The van der Waals surface area contributed by atoms with Crippen LogP contribution in [-0.4, -0.2) is 32.0 Å². The summed E-state index contributed by atoms with van der Waals surface area (Å²) in [4.78, 5) is 32.1. The quantitative estimate of drug-likeness (QED) is 0.296. The largest absolute Gasteiger partial charge is 0.591 e. The molecule has 2 aromatic carbocycles. The summed E-state index contributed by atoms with van der Waals surface area (Å²) in [6.45, 7) is 0. The summed E-state index contributed by atoms with van der Waals surface area (Å²) >= 11 is 0. The Bertz CT molecular complexity index is 1210. The average molecular weight is 404 g/mol. The maximum absolute atomic E-state index is 12.3. The number of phenols is 1. The van der Waals surface area contributed by atoms with Gasteiger partial charge in [-0.05, 0) is 29.8 Å².